The molecule has 0 amide bonds. The fourth-order valence-corrected chi connectivity index (χ4v) is 3.05. The quantitative estimate of drug-likeness (QED) is 0.709. The summed E-state index contributed by atoms with van der Waals surface area (Å²) in [7, 11) is 2.23. The Morgan fingerprint density at radius 3 is 2.62 bits per heavy atom. The molecule has 2 heteroatoms. The lowest BCUT2D eigenvalue weighted by Crippen LogP contribution is -2.43. The van der Waals surface area contributed by atoms with Gasteiger partial charge in [0, 0.05) is 18.3 Å². The molecule has 0 aliphatic carbocycles. The molecule has 2 aliphatic rings. The van der Waals surface area contributed by atoms with Crippen LogP contribution in [0.2, 0.25) is 0 Å². The summed E-state index contributed by atoms with van der Waals surface area (Å²) < 4.78 is 0. The fraction of sp³-hybridized carbons (Fsp3) is 0.571. The van der Waals surface area contributed by atoms with Crippen LogP contribution in [-0.2, 0) is 6.42 Å². The van der Waals surface area contributed by atoms with E-state index in [9.17, 15) is 0 Å². The van der Waals surface area contributed by atoms with Crippen molar-refractivity contribution in [3.05, 3.63) is 29.8 Å². The fourth-order valence-electron chi connectivity index (χ4n) is 3.05. The highest BCUT2D eigenvalue weighted by molar-refractivity contribution is 5.58. The minimum atomic E-state index is 0.778. The van der Waals surface area contributed by atoms with Crippen molar-refractivity contribution in [2.45, 2.75) is 25.3 Å². The number of rotatable bonds is 1. The van der Waals surface area contributed by atoms with E-state index in [2.05, 4.69) is 41.1 Å². The van der Waals surface area contributed by atoms with E-state index in [1.165, 1.54) is 44.6 Å². The average Bonchev–Trinajstić information content (AvgIpc) is 2.74. The van der Waals surface area contributed by atoms with Crippen LogP contribution < -0.4 is 4.90 Å². The zero-order valence-corrected chi connectivity index (χ0v) is 10.0. The molecular weight excluding hydrogens is 196 g/mol. The lowest BCUT2D eigenvalue weighted by molar-refractivity contribution is 0.251. The van der Waals surface area contributed by atoms with Gasteiger partial charge >= 0.3 is 0 Å². The molecule has 16 heavy (non-hydrogen) atoms. The van der Waals surface area contributed by atoms with Gasteiger partial charge in [0.1, 0.15) is 0 Å². The van der Waals surface area contributed by atoms with Crippen LogP contribution in [0.25, 0.3) is 0 Å². The Balaban J connectivity index is 1.77. The molecule has 0 saturated carbocycles. The van der Waals surface area contributed by atoms with Crippen molar-refractivity contribution in [2.75, 3.05) is 31.6 Å². The van der Waals surface area contributed by atoms with Gasteiger partial charge in [-0.05, 0) is 51.0 Å². The van der Waals surface area contributed by atoms with E-state index in [4.69, 9.17) is 0 Å². The predicted octanol–water partition coefficient (Wildman–Crippen LogP) is 2.14. The first-order valence-electron chi connectivity index (χ1n) is 6.38. The van der Waals surface area contributed by atoms with Gasteiger partial charge in [0.15, 0.2) is 0 Å². The smallest absolute Gasteiger partial charge is 0.0402 e. The number of anilines is 1. The van der Waals surface area contributed by atoms with Crippen LogP contribution in [0.15, 0.2) is 24.3 Å². The summed E-state index contributed by atoms with van der Waals surface area (Å²) >= 11 is 0. The molecule has 1 fully saturated rings. The van der Waals surface area contributed by atoms with Gasteiger partial charge in [0.25, 0.3) is 0 Å². The van der Waals surface area contributed by atoms with E-state index in [0.29, 0.717) is 0 Å². The summed E-state index contributed by atoms with van der Waals surface area (Å²) in [6, 6.07) is 9.69. The van der Waals surface area contributed by atoms with Crippen molar-refractivity contribution >= 4 is 5.69 Å². The molecule has 0 N–H and O–H groups in total. The Bertz CT molecular complexity index is 367. The lowest BCUT2D eigenvalue weighted by Gasteiger charge is -2.36. The minimum Gasteiger partial charge on any atom is -0.368 e. The number of hydrogen-bond donors (Lipinski definition) is 0. The second-order valence-electron chi connectivity index (χ2n) is 5.11. The normalized spacial score (nSPS) is 22.4. The van der Waals surface area contributed by atoms with Gasteiger partial charge in [-0.2, -0.15) is 0 Å². The lowest BCUT2D eigenvalue weighted by atomic mass is 10.0. The first-order chi connectivity index (χ1) is 7.84. The van der Waals surface area contributed by atoms with Crippen molar-refractivity contribution < 1.29 is 0 Å². The summed E-state index contributed by atoms with van der Waals surface area (Å²) in [6.07, 6.45) is 3.89. The van der Waals surface area contributed by atoms with Gasteiger partial charge in [0.05, 0.1) is 0 Å². The van der Waals surface area contributed by atoms with Crippen LogP contribution in [0, 0.1) is 0 Å². The molecule has 0 aromatic heterocycles. The van der Waals surface area contributed by atoms with Gasteiger partial charge in [-0.3, -0.25) is 0 Å². The highest BCUT2D eigenvalue weighted by atomic mass is 15.2. The van der Waals surface area contributed by atoms with Crippen LogP contribution in [0.3, 0.4) is 0 Å². The summed E-state index contributed by atoms with van der Waals surface area (Å²) in [6.45, 7) is 3.74. The molecule has 3 rings (SSSR count). The SMILES string of the molecule is CN1CCC(N2CCc3ccccc32)CC1. The van der Waals surface area contributed by atoms with E-state index in [1.807, 2.05) is 0 Å². The summed E-state index contributed by atoms with van der Waals surface area (Å²) in [5, 5.41) is 0. The van der Waals surface area contributed by atoms with Crippen LogP contribution in [-0.4, -0.2) is 37.6 Å². The maximum atomic E-state index is 2.64. The second-order valence-corrected chi connectivity index (χ2v) is 5.11. The molecule has 0 spiro atoms. The Labute approximate surface area is 97.9 Å². The molecule has 1 aromatic carbocycles. The van der Waals surface area contributed by atoms with Crippen LogP contribution in [0.5, 0.6) is 0 Å². The maximum Gasteiger partial charge on any atom is 0.0402 e. The van der Waals surface area contributed by atoms with Gasteiger partial charge < -0.3 is 9.80 Å². The second kappa shape index (κ2) is 4.10. The topological polar surface area (TPSA) is 6.48 Å². The van der Waals surface area contributed by atoms with E-state index in [0.717, 1.165) is 6.04 Å². The van der Waals surface area contributed by atoms with E-state index in [1.54, 1.807) is 5.56 Å². The minimum absolute atomic E-state index is 0.778. The number of para-hydroxylation sites is 1. The van der Waals surface area contributed by atoms with Crippen molar-refractivity contribution in [1.82, 2.24) is 4.90 Å². The van der Waals surface area contributed by atoms with Gasteiger partial charge in [-0.15, -0.1) is 0 Å². The van der Waals surface area contributed by atoms with E-state index in [-0.39, 0.29) is 0 Å². The molecule has 86 valence electrons. The highest BCUT2D eigenvalue weighted by Crippen LogP contribution is 2.31. The predicted molar refractivity (Wildman–Crippen MR) is 68.0 cm³/mol. The number of hydrogen-bond acceptors (Lipinski definition) is 2. The zero-order chi connectivity index (χ0) is 11.0. The standard InChI is InChI=1S/C14H20N2/c1-15-9-7-13(8-10-15)16-11-6-12-4-2-3-5-14(12)16/h2-5,13H,6-11H2,1H3. The molecule has 2 nitrogen and oxygen atoms in total. The van der Waals surface area contributed by atoms with E-state index < -0.39 is 0 Å². The number of fused-ring (bicyclic) bond motifs is 1. The third kappa shape index (κ3) is 1.71. The Morgan fingerprint density at radius 2 is 1.81 bits per heavy atom. The third-order valence-electron chi connectivity index (χ3n) is 4.05. The van der Waals surface area contributed by atoms with Crippen LogP contribution >= 0.6 is 0 Å². The Kier molecular flexibility index (Phi) is 2.60. The van der Waals surface area contributed by atoms with Gasteiger partial charge in [-0.1, -0.05) is 18.2 Å². The van der Waals surface area contributed by atoms with Crippen molar-refractivity contribution in [2.24, 2.45) is 0 Å². The molecule has 2 heterocycles. The summed E-state index contributed by atoms with van der Waals surface area (Å²) in [4.78, 5) is 5.08. The highest BCUT2D eigenvalue weighted by Gasteiger charge is 2.27. The molecular formula is C14H20N2. The number of piperidine rings is 1. The first-order valence-corrected chi connectivity index (χ1v) is 6.38. The Morgan fingerprint density at radius 1 is 1.06 bits per heavy atom. The zero-order valence-electron chi connectivity index (χ0n) is 10.0. The number of benzene rings is 1. The average molecular weight is 216 g/mol. The third-order valence-corrected chi connectivity index (χ3v) is 4.05. The first kappa shape index (κ1) is 10.2. The molecule has 0 unspecified atom stereocenters. The van der Waals surface area contributed by atoms with Crippen LogP contribution in [0.4, 0.5) is 5.69 Å². The van der Waals surface area contributed by atoms with Gasteiger partial charge in [-0.25, -0.2) is 0 Å². The van der Waals surface area contributed by atoms with Crippen LogP contribution in [0.1, 0.15) is 18.4 Å². The molecule has 1 saturated heterocycles. The van der Waals surface area contributed by atoms with E-state index >= 15 is 0 Å². The number of nitrogens with zero attached hydrogens (tertiary/aromatic N) is 2. The molecule has 1 aromatic rings. The number of likely N-dealkylation sites (tertiary alicyclic amines) is 1. The summed E-state index contributed by atoms with van der Waals surface area (Å²) in [5.74, 6) is 0. The van der Waals surface area contributed by atoms with Gasteiger partial charge in [0.2, 0.25) is 0 Å². The molecule has 2 aliphatic heterocycles. The maximum absolute atomic E-state index is 2.64. The molecule has 0 radical (unpaired) electrons. The van der Waals surface area contributed by atoms with Crippen molar-refractivity contribution in [3.8, 4) is 0 Å². The molecule has 0 atom stereocenters. The Hall–Kier alpha value is -1.02. The largest absolute Gasteiger partial charge is 0.368 e. The van der Waals surface area contributed by atoms with Crippen molar-refractivity contribution in [3.63, 3.8) is 0 Å². The monoisotopic (exact) mass is 216 g/mol. The summed E-state index contributed by atoms with van der Waals surface area (Å²) in [5.41, 5.74) is 3.04. The molecule has 0 bridgehead atoms. The van der Waals surface area contributed by atoms with Crippen molar-refractivity contribution in [1.29, 1.82) is 0 Å².